The van der Waals surface area contributed by atoms with Crippen molar-refractivity contribution in [3.63, 3.8) is 0 Å². The molecule has 4 aromatic rings. The van der Waals surface area contributed by atoms with E-state index in [0.29, 0.717) is 39.2 Å². The molecule has 1 saturated heterocycles. The van der Waals surface area contributed by atoms with Crippen LogP contribution in [0.3, 0.4) is 0 Å². The van der Waals surface area contributed by atoms with Gasteiger partial charge in [-0.15, -0.1) is 0 Å². The molecular weight excluding hydrogens is 496 g/mol. The first-order chi connectivity index (χ1) is 18.4. The maximum atomic E-state index is 13.5. The number of nitrogens with one attached hydrogen (secondary N) is 2. The van der Waals surface area contributed by atoms with E-state index < -0.39 is 23.5 Å². The summed E-state index contributed by atoms with van der Waals surface area (Å²) < 4.78 is 21.7. The molecule has 13 nitrogen and oxygen atoms in total. The van der Waals surface area contributed by atoms with Crippen molar-refractivity contribution < 1.29 is 33.0 Å². The standard InChI is InChI=1S/C25H20N6O7/c1-35-13-5-4-12-11-31(21(32)14(12)8-13)25(22(33)29-23(34)30-25)19-9-17-18(38-19)7-6-16(27-17)15-10-26-24(37-3)28-20(15)36-2/h4-10H,11H2,1-3H3,(H2,29,30,33,34)/t25-/m1/s1. The van der Waals surface area contributed by atoms with Crippen molar-refractivity contribution in [1.29, 1.82) is 0 Å². The number of ether oxygens (including phenoxy) is 3. The maximum Gasteiger partial charge on any atom is 0.324 e. The van der Waals surface area contributed by atoms with Gasteiger partial charge in [-0.3, -0.25) is 19.8 Å². The molecule has 3 aromatic heterocycles. The van der Waals surface area contributed by atoms with E-state index >= 15 is 0 Å². The van der Waals surface area contributed by atoms with E-state index in [0.717, 1.165) is 0 Å². The lowest BCUT2D eigenvalue weighted by atomic mass is 10.0. The molecule has 192 valence electrons. The Hall–Kier alpha value is -5.20. The third-order valence-electron chi connectivity index (χ3n) is 6.49. The molecule has 2 N–H and O–H groups in total. The smallest absolute Gasteiger partial charge is 0.324 e. The Morgan fingerprint density at radius 3 is 2.53 bits per heavy atom. The van der Waals surface area contributed by atoms with Gasteiger partial charge in [0.25, 0.3) is 17.5 Å². The van der Waals surface area contributed by atoms with E-state index in [1.807, 2.05) is 0 Å². The summed E-state index contributed by atoms with van der Waals surface area (Å²) in [6, 6.07) is 9.27. The highest BCUT2D eigenvalue weighted by Gasteiger charge is 2.58. The number of benzene rings is 1. The van der Waals surface area contributed by atoms with Crippen LogP contribution in [-0.4, -0.2) is 59.0 Å². The van der Waals surface area contributed by atoms with E-state index in [2.05, 4.69) is 25.6 Å². The van der Waals surface area contributed by atoms with E-state index in [1.165, 1.54) is 38.5 Å². The monoisotopic (exact) mass is 516 g/mol. The second-order valence-corrected chi connectivity index (χ2v) is 8.50. The molecule has 1 fully saturated rings. The quantitative estimate of drug-likeness (QED) is 0.363. The number of fused-ring (bicyclic) bond motifs is 2. The van der Waals surface area contributed by atoms with Gasteiger partial charge < -0.3 is 23.9 Å². The second-order valence-electron chi connectivity index (χ2n) is 8.50. The fourth-order valence-corrected chi connectivity index (χ4v) is 4.65. The summed E-state index contributed by atoms with van der Waals surface area (Å²) in [4.78, 5) is 53.3. The predicted molar refractivity (Wildman–Crippen MR) is 129 cm³/mol. The van der Waals surface area contributed by atoms with E-state index in [9.17, 15) is 14.4 Å². The van der Waals surface area contributed by atoms with Crippen LogP contribution >= 0.6 is 0 Å². The van der Waals surface area contributed by atoms with Gasteiger partial charge in [-0.2, -0.15) is 4.98 Å². The number of urea groups is 1. The molecule has 0 spiro atoms. The number of furan rings is 1. The minimum Gasteiger partial charge on any atom is -0.497 e. The van der Waals surface area contributed by atoms with E-state index in [-0.39, 0.29) is 24.2 Å². The van der Waals surface area contributed by atoms with Crippen LogP contribution in [0.25, 0.3) is 22.4 Å². The van der Waals surface area contributed by atoms with Crippen molar-refractivity contribution in [3.8, 4) is 28.9 Å². The molecule has 1 atom stereocenters. The van der Waals surface area contributed by atoms with Crippen LogP contribution in [0.4, 0.5) is 4.79 Å². The summed E-state index contributed by atoms with van der Waals surface area (Å²) >= 11 is 0. The summed E-state index contributed by atoms with van der Waals surface area (Å²) in [6.07, 6.45) is 1.51. The van der Waals surface area contributed by atoms with Gasteiger partial charge in [0.2, 0.25) is 5.88 Å². The zero-order chi connectivity index (χ0) is 26.6. The van der Waals surface area contributed by atoms with Crippen molar-refractivity contribution in [2.75, 3.05) is 21.3 Å². The van der Waals surface area contributed by atoms with Crippen LogP contribution in [0.1, 0.15) is 21.7 Å². The van der Waals surface area contributed by atoms with Crippen molar-refractivity contribution in [2.24, 2.45) is 0 Å². The minimum absolute atomic E-state index is 0.0200. The molecule has 13 heteroatoms. The second kappa shape index (κ2) is 8.44. The largest absolute Gasteiger partial charge is 0.497 e. The highest BCUT2D eigenvalue weighted by molar-refractivity contribution is 6.11. The average Bonchev–Trinajstić information content (AvgIpc) is 3.60. The molecule has 38 heavy (non-hydrogen) atoms. The molecule has 0 saturated carbocycles. The molecule has 0 aliphatic carbocycles. The summed E-state index contributed by atoms with van der Waals surface area (Å²) in [5, 5.41) is 4.83. The van der Waals surface area contributed by atoms with Crippen molar-refractivity contribution in [1.82, 2.24) is 30.5 Å². The predicted octanol–water partition coefficient (Wildman–Crippen LogP) is 1.96. The summed E-state index contributed by atoms with van der Waals surface area (Å²) in [6.45, 7) is 0.0575. The summed E-state index contributed by atoms with van der Waals surface area (Å²) in [5.74, 6) is -0.453. The Balaban J connectivity index is 1.45. The molecule has 2 aliphatic heterocycles. The van der Waals surface area contributed by atoms with Gasteiger partial charge in [0.05, 0.1) is 39.1 Å². The molecular formula is C25H20N6O7. The van der Waals surface area contributed by atoms with E-state index in [1.54, 1.807) is 30.3 Å². The van der Waals surface area contributed by atoms with Crippen molar-refractivity contribution >= 4 is 28.9 Å². The lowest BCUT2D eigenvalue weighted by molar-refractivity contribution is -0.131. The number of aromatic nitrogens is 3. The van der Waals surface area contributed by atoms with Gasteiger partial charge in [0.1, 0.15) is 11.3 Å². The first-order valence-electron chi connectivity index (χ1n) is 11.4. The number of nitrogens with zero attached hydrogens (tertiary/aromatic N) is 4. The van der Waals surface area contributed by atoms with Gasteiger partial charge in [0.15, 0.2) is 11.3 Å². The summed E-state index contributed by atoms with van der Waals surface area (Å²) in [5.41, 5.74) is 0.773. The Bertz CT molecular complexity index is 1650. The normalized spacial score (nSPS) is 18.4. The SMILES string of the molecule is COc1ccc2c(c1)C(=O)N([C@@]1(c3cc4nc(-c5cnc(OC)nc5OC)ccc4o3)NC(=O)NC1=O)C2. The van der Waals surface area contributed by atoms with E-state index in [4.69, 9.17) is 18.6 Å². The molecule has 2 aliphatic rings. The lowest BCUT2D eigenvalue weighted by Gasteiger charge is -2.33. The van der Waals surface area contributed by atoms with Gasteiger partial charge in [-0.05, 0) is 29.8 Å². The fourth-order valence-electron chi connectivity index (χ4n) is 4.65. The zero-order valence-corrected chi connectivity index (χ0v) is 20.4. The fraction of sp³-hybridized carbons (Fsp3) is 0.200. The zero-order valence-electron chi connectivity index (χ0n) is 20.4. The molecule has 5 heterocycles. The molecule has 4 amide bonds. The minimum atomic E-state index is -1.93. The topological polar surface area (TPSA) is 158 Å². The number of hydrogen-bond donors (Lipinski definition) is 2. The van der Waals surface area contributed by atoms with Crippen LogP contribution in [0.5, 0.6) is 17.6 Å². The summed E-state index contributed by atoms with van der Waals surface area (Å²) in [7, 11) is 4.40. The van der Waals surface area contributed by atoms with Gasteiger partial charge in [0, 0.05) is 17.8 Å². The average molecular weight is 516 g/mol. The third-order valence-corrected chi connectivity index (χ3v) is 6.49. The molecule has 1 aromatic carbocycles. The Labute approximate surface area is 214 Å². The number of rotatable bonds is 6. The first-order valence-corrected chi connectivity index (χ1v) is 11.4. The Morgan fingerprint density at radius 2 is 1.82 bits per heavy atom. The number of methoxy groups -OCH3 is 3. The van der Waals surface area contributed by atoms with Crippen LogP contribution in [0.2, 0.25) is 0 Å². The number of carbonyl (C=O) groups is 3. The van der Waals surface area contributed by atoms with Crippen LogP contribution in [0.15, 0.2) is 47.0 Å². The van der Waals surface area contributed by atoms with Gasteiger partial charge >= 0.3 is 12.0 Å². The van der Waals surface area contributed by atoms with Crippen molar-refractivity contribution in [3.05, 3.63) is 59.5 Å². The third kappa shape index (κ3) is 3.32. The Kier molecular flexibility index (Phi) is 5.15. The molecule has 6 rings (SSSR count). The van der Waals surface area contributed by atoms with Crippen LogP contribution in [0, 0.1) is 0 Å². The molecule has 0 bridgehead atoms. The van der Waals surface area contributed by atoms with Crippen LogP contribution < -0.4 is 24.8 Å². The van der Waals surface area contributed by atoms with Gasteiger partial charge in [-0.25, -0.2) is 14.8 Å². The number of amides is 4. The molecule has 0 unspecified atom stereocenters. The van der Waals surface area contributed by atoms with Crippen molar-refractivity contribution in [2.45, 2.75) is 12.2 Å². The van der Waals surface area contributed by atoms with Crippen LogP contribution in [-0.2, 0) is 17.0 Å². The number of imide groups is 1. The number of hydrogen-bond acceptors (Lipinski definition) is 10. The highest BCUT2D eigenvalue weighted by atomic mass is 16.5. The first kappa shape index (κ1) is 23.2. The Morgan fingerprint density at radius 1 is 0.974 bits per heavy atom. The lowest BCUT2D eigenvalue weighted by Crippen LogP contribution is -2.57. The maximum absolute atomic E-state index is 13.5. The number of pyridine rings is 1. The number of carbonyl (C=O) groups excluding carboxylic acids is 3. The molecule has 0 radical (unpaired) electrons. The highest BCUT2D eigenvalue weighted by Crippen LogP contribution is 2.40. The van der Waals surface area contributed by atoms with Gasteiger partial charge in [-0.1, -0.05) is 6.07 Å².